The molecule has 2 aromatic rings. The largest absolute Gasteiger partial charge is 0.352 e. The van der Waals surface area contributed by atoms with Gasteiger partial charge in [-0.1, -0.05) is 30.5 Å². The standard InChI is InChI=1S/C17H18ClN3S2/c18-14-9-8-13(23-14)16-15(12-7-3-4-10-19-12)20-17(22)21(16)11-5-1-2-6-11/h3-4,7-11,15-16H,1-2,5-6H2,(H,20,22)/t15-,16+/m0/s1. The molecule has 0 amide bonds. The van der Waals surface area contributed by atoms with Gasteiger partial charge in [0, 0.05) is 17.1 Å². The highest BCUT2D eigenvalue weighted by atomic mass is 35.5. The molecule has 1 saturated carbocycles. The van der Waals surface area contributed by atoms with E-state index in [4.69, 9.17) is 23.8 Å². The van der Waals surface area contributed by atoms with Crippen LogP contribution in [0.1, 0.15) is 48.3 Å². The minimum absolute atomic E-state index is 0.0824. The van der Waals surface area contributed by atoms with E-state index in [9.17, 15) is 0 Å². The molecule has 0 unspecified atom stereocenters. The van der Waals surface area contributed by atoms with Crippen molar-refractivity contribution in [3.8, 4) is 0 Å². The van der Waals surface area contributed by atoms with Gasteiger partial charge in [-0.2, -0.15) is 0 Å². The third-order valence-corrected chi connectivity index (χ3v) is 6.37. The number of rotatable bonds is 3. The fourth-order valence-corrected chi connectivity index (χ4v) is 5.32. The fourth-order valence-electron chi connectivity index (χ4n) is 3.73. The number of nitrogens with one attached hydrogen (secondary N) is 1. The van der Waals surface area contributed by atoms with Crippen molar-refractivity contribution in [2.45, 2.75) is 43.8 Å². The second-order valence-corrected chi connectivity index (χ2v) is 8.25. The summed E-state index contributed by atoms with van der Waals surface area (Å²) in [6.07, 6.45) is 6.85. The van der Waals surface area contributed by atoms with Crippen molar-refractivity contribution in [3.63, 3.8) is 0 Å². The van der Waals surface area contributed by atoms with Crippen LogP contribution in [-0.2, 0) is 0 Å². The summed E-state index contributed by atoms with van der Waals surface area (Å²) >= 11 is 13.5. The second-order valence-electron chi connectivity index (χ2n) is 6.11. The van der Waals surface area contributed by atoms with Gasteiger partial charge in [0.05, 0.1) is 22.1 Å². The summed E-state index contributed by atoms with van der Waals surface area (Å²) in [4.78, 5) is 8.22. The third-order valence-electron chi connectivity index (χ3n) is 4.74. The van der Waals surface area contributed by atoms with E-state index in [0.29, 0.717) is 6.04 Å². The lowest BCUT2D eigenvalue weighted by atomic mass is 10.0. The molecule has 2 atom stereocenters. The number of hydrogen-bond donors (Lipinski definition) is 1. The molecule has 3 nitrogen and oxygen atoms in total. The summed E-state index contributed by atoms with van der Waals surface area (Å²) in [5.41, 5.74) is 1.03. The zero-order chi connectivity index (χ0) is 15.8. The van der Waals surface area contributed by atoms with Crippen molar-refractivity contribution in [2.75, 3.05) is 0 Å². The molecule has 6 heteroatoms. The average Bonchev–Trinajstić information content (AvgIpc) is 3.27. The Bertz CT molecular complexity index is 697. The van der Waals surface area contributed by atoms with Crippen LogP contribution in [-0.4, -0.2) is 21.0 Å². The average molecular weight is 364 g/mol. The van der Waals surface area contributed by atoms with Crippen molar-refractivity contribution < 1.29 is 0 Å². The van der Waals surface area contributed by atoms with Gasteiger partial charge in [-0.3, -0.25) is 4.98 Å². The van der Waals surface area contributed by atoms with E-state index in [2.05, 4.69) is 27.3 Å². The molecule has 3 heterocycles. The summed E-state index contributed by atoms with van der Waals surface area (Å²) in [5, 5.41) is 4.36. The Balaban J connectivity index is 1.75. The molecule has 4 rings (SSSR count). The highest BCUT2D eigenvalue weighted by Gasteiger charge is 2.44. The molecule has 1 saturated heterocycles. The summed E-state index contributed by atoms with van der Waals surface area (Å²) in [6.45, 7) is 0. The van der Waals surface area contributed by atoms with Crippen LogP contribution in [0.4, 0.5) is 0 Å². The van der Waals surface area contributed by atoms with Crippen LogP contribution in [0.15, 0.2) is 36.5 Å². The molecule has 2 aliphatic rings. The van der Waals surface area contributed by atoms with Crippen molar-refractivity contribution in [1.29, 1.82) is 0 Å². The molecule has 2 fully saturated rings. The summed E-state index contributed by atoms with van der Waals surface area (Å²) in [6, 6.07) is 10.9. The number of thiocarbonyl (C=S) groups is 1. The molecule has 1 aliphatic heterocycles. The number of thiophene rings is 1. The van der Waals surface area contributed by atoms with E-state index < -0.39 is 0 Å². The predicted octanol–water partition coefficient (Wildman–Crippen LogP) is 4.71. The molecule has 1 aliphatic carbocycles. The summed E-state index contributed by atoms with van der Waals surface area (Å²) < 4.78 is 0.823. The van der Waals surface area contributed by atoms with Gasteiger partial charge in [-0.25, -0.2) is 0 Å². The lowest BCUT2D eigenvalue weighted by Crippen LogP contribution is -2.37. The molecule has 0 spiro atoms. The monoisotopic (exact) mass is 363 g/mol. The van der Waals surface area contributed by atoms with Crippen molar-refractivity contribution in [2.24, 2.45) is 0 Å². The van der Waals surface area contributed by atoms with Crippen LogP contribution in [0.5, 0.6) is 0 Å². The van der Waals surface area contributed by atoms with Crippen molar-refractivity contribution in [1.82, 2.24) is 15.2 Å². The number of aromatic nitrogens is 1. The minimum Gasteiger partial charge on any atom is -0.352 e. The van der Waals surface area contributed by atoms with Crippen molar-refractivity contribution >= 4 is 40.3 Å². The summed E-state index contributed by atoms with van der Waals surface area (Å²) in [5.74, 6) is 0. The SMILES string of the molecule is S=C1N[C@@H](c2ccccn2)[C@@H](c2ccc(Cl)s2)N1C1CCCC1. The van der Waals surface area contributed by atoms with Gasteiger partial charge in [0.25, 0.3) is 0 Å². The Morgan fingerprint density at radius 3 is 2.70 bits per heavy atom. The molecular formula is C17H18ClN3S2. The number of pyridine rings is 1. The fraction of sp³-hybridized carbons (Fsp3) is 0.412. The Labute approximate surface area is 150 Å². The lowest BCUT2D eigenvalue weighted by molar-refractivity contribution is 0.249. The van der Waals surface area contributed by atoms with E-state index in [1.54, 1.807) is 11.3 Å². The number of halogens is 1. The molecule has 2 aromatic heterocycles. The maximum atomic E-state index is 6.21. The molecule has 0 bridgehead atoms. The third kappa shape index (κ3) is 2.86. The zero-order valence-corrected chi connectivity index (χ0v) is 15.0. The van der Waals surface area contributed by atoms with Gasteiger partial charge in [-0.05, 0) is 49.3 Å². The van der Waals surface area contributed by atoms with Gasteiger partial charge in [0.15, 0.2) is 5.11 Å². The molecule has 0 aromatic carbocycles. The van der Waals surface area contributed by atoms with Crippen molar-refractivity contribution in [3.05, 3.63) is 51.4 Å². The Morgan fingerprint density at radius 2 is 2.04 bits per heavy atom. The molecule has 0 radical (unpaired) electrons. The van der Waals surface area contributed by atoms with Crippen LogP contribution in [0.25, 0.3) is 0 Å². The first kappa shape index (κ1) is 15.4. The maximum absolute atomic E-state index is 6.21. The van der Waals surface area contributed by atoms with Gasteiger partial charge in [0.2, 0.25) is 0 Å². The first-order valence-electron chi connectivity index (χ1n) is 7.99. The maximum Gasteiger partial charge on any atom is 0.170 e. The predicted molar refractivity (Wildman–Crippen MR) is 98.9 cm³/mol. The van der Waals surface area contributed by atoms with Crippen LogP contribution < -0.4 is 5.32 Å². The van der Waals surface area contributed by atoms with Gasteiger partial charge in [-0.15, -0.1) is 11.3 Å². The lowest BCUT2D eigenvalue weighted by Gasteiger charge is -2.32. The van der Waals surface area contributed by atoms with Crippen LogP contribution in [0.2, 0.25) is 4.34 Å². The van der Waals surface area contributed by atoms with E-state index in [1.807, 2.05) is 24.4 Å². The Kier molecular flexibility index (Phi) is 4.26. The zero-order valence-electron chi connectivity index (χ0n) is 12.6. The highest BCUT2D eigenvalue weighted by molar-refractivity contribution is 7.80. The van der Waals surface area contributed by atoms with Crippen LogP contribution in [0, 0.1) is 0 Å². The van der Waals surface area contributed by atoms with Crippen LogP contribution in [0.3, 0.4) is 0 Å². The quantitative estimate of drug-likeness (QED) is 0.799. The molecule has 1 N–H and O–H groups in total. The smallest absolute Gasteiger partial charge is 0.170 e. The Morgan fingerprint density at radius 1 is 1.22 bits per heavy atom. The second kappa shape index (κ2) is 6.38. The normalized spacial score (nSPS) is 25.1. The number of hydrogen-bond acceptors (Lipinski definition) is 3. The molecular weight excluding hydrogens is 346 g/mol. The van der Waals surface area contributed by atoms with Gasteiger partial charge < -0.3 is 10.2 Å². The minimum atomic E-state index is 0.0824. The van der Waals surface area contributed by atoms with Gasteiger partial charge >= 0.3 is 0 Å². The summed E-state index contributed by atoms with van der Waals surface area (Å²) in [7, 11) is 0. The van der Waals surface area contributed by atoms with E-state index in [-0.39, 0.29) is 12.1 Å². The molecule has 23 heavy (non-hydrogen) atoms. The van der Waals surface area contributed by atoms with Gasteiger partial charge in [0.1, 0.15) is 0 Å². The Hall–Kier alpha value is -1.17. The topological polar surface area (TPSA) is 28.2 Å². The van der Waals surface area contributed by atoms with E-state index in [0.717, 1.165) is 15.1 Å². The first-order chi connectivity index (χ1) is 11.2. The van der Waals surface area contributed by atoms with E-state index >= 15 is 0 Å². The van der Waals surface area contributed by atoms with Crippen LogP contribution >= 0.6 is 35.2 Å². The van der Waals surface area contributed by atoms with E-state index in [1.165, 1.54) is 30.6 Å². The highest BCUT2D eigenvalue weighted by Crippen LogP contribution is 2.45. The molecule has 120 valence electrons. The number of nitrogens with zero attached hydrogens (tertiary/aromatic N) is 2. The first-order valence-corrected chi connectivity index (χ1v) is 9.59.